The third kappa shape index (κ3) is 1.59. The summed E-state index contributed by atoms with van der Waals surface area (Å²) in [6.45, 7) is 1.85. The first-order chi connectivity index (χ1) is 8.61. The van der Waals surface area contributed by atoms with Crippen molar-refractivity contribution in [3.8, 4) is 11.3 Å². The van der Waals surface area contributed by atoms with Gasteiger partial charge in [-0.25, -0.2) is 4.98 Å². The van der Waals surface area contributed by atoms with Crippen molar-refractivity contribution < 1.29 is 9.21 Å². The minimum Gasteiger partial charge on any atom is -0.441 e. The predicted octanol–water partition coefficient (Wildman–Crippen LogP) is 2.63. The van der Waals surface area contributed by atoms with Gasteiger partial charge in [0.05, 0.1) is 14.8 Å². The van der Waals surface area contributed by atoms with Crippen molar-refractivity contribution in [2.24, 2.45) is 5.73 Å². The molecular weight excluding hydrogens is 268 g/mol. The zero-order chi connectivity index (χ0) is 12.9. The summed E-state index contributed by atoms with van der Waals surface area (Å²) in [6.07, 6.45) is 3.61. The molecule has 2 aromatic rings. The molecule has 0 saturated carbocycles. The Morgan fingerprint density at radius 1 is 1.50 bits per heavy atom. The van der Waals surface area contributed by atoms with Crippen LogP contribution in [0.1, 0.15) is 26.8 Å². The molecule has 2 N–H and O–H groups in total. The van der Waals surface area contributed by atoms with E-state index >= 15 is 0 Å². The zero-order valence-corrected chi connectivity index (χ0v) is 11.7. The normalized spacial score (nSPS) is 13.2. The van der Waals surface area contributed by atoms with Crippen LogP contribution in [0.2, 0.25) is 0 Å². The number of carbonyl (C=O) groups is 1. The molecule has 0 fully saturated rings. The van der Waals surface area contributed by atoms with E-state index in [1.54, 1.807) is 11.8 Å². The highest BCUT2D eigenvalue weighted by Crippen LogP contribution is 2.46. The average Bonchev–Trinajstić information content (AvgIpc) is 2.87. The number of oxazole rings is 1. The van der Waals surface area contributed by atoms with Crippen molar-refractivity contribution in [1.29, 1.82) is 0 Å². The SMILES string of the molecule is CSc1sc(C(N)=O)c2c1-c1oc(C)nc1CC2. The number of aryl methyl sites for hydroxylation is 2. The van der Waals surface area contributed by atoms with E-state index in [9.17, 15) is 4.79 Å². The summed E-state index contributed by atoms with van der Waals surface area (Å²) in [5.41, 5.74) is 8.50. The van der Waals surface area contributed by atoms with E-state index in [2.05, 4.69) is 4.98 Å². The molecule has 6 heteroatoms. The molecule has 0 unspecified atom stereocenters. The molecule has 2 heterocycles. The van der Waals surface area contributed by atoms with E-state index in [0.29, 0.717) is 10.8 Å². The van der Waals surface area contributed by atoms with Crippen LogP contribution >= 0.6 is 23.1 Å². The molecule has 4 nitrogen and oxygen atoms in total. The number of primary amides is 1. The highest BCUT2D eigenvalue weighted by molar-refractivity contribution is 8.00. The van der Waals surface area contributed by atoms with Crippen molar-refractivity contribution in [1.82, 2.24) is 4.98 Å². The third-order valence-corrected chi connectivity index (χ3v) is 5.39. The monoisotopic (exact) mass is 280 g/mol. The van der Waals surface area contributed by atoms with Crippen molar-refractivity contribution in [3.05, 3.63) is 22.0 Å². The molecule has 3 rings (SSSR count). The van der Waals surface area contributed by atoms with Crippen LogP contribution in [0.3, 0.4) is 0 Å². The Kier molecular flexibility index (Phi) is 2.71. The molecule has 0 spiro atoms. The fourth-order valence-electron chi connectivity index (χ4n) is 2.33. The van der Waals surface area contributed by atoms with E-state index in [-0.39, 0.29) is 5.91 Å². The maximum absolute atomic E-state index is 11.5. The number of rotatable bonds is 2. The molecule has 0 atom stereocenters. The highest BCUT2D eigenvalue weighted by Gasteiger charge is 2.30. The van der Waals surface area contributed by atoms with Crippen LogP contribution in [0.4, 0.5) is 0 Å². The van der Waals surface area contributed by atoms with Crippen LogP contribution < -0.4 is 5.73 Å². The van der Waals surface area contributed by atoms with Crippen LogP contribution in [-0.2, 0) is 12.8 Å². The van der Waals surface area contributed by atoms with Crippen molar-refractivity contribution >= 4 is 29.0 Å². The van der Waals surface area contributed by atoms with E-state index in [4.69, 9.17) is 10.2 Å². The smallest absolute Gasteiger partial charge is 0.259 e. The number of aromatic nitrogens is 1. The number of carbonyl (C=O) groups excluding carboxylic acids is 1. The number of thioether (sulfide) groups is 1. The fraction of sp³-hybridized carbons (Fsp3) is 0.333. The van der Waals surface area contributed by atoms with Gasteiger partial charge in [-0.05, 0) is 24.7 Å². The maximum Gasteiger partial charge on any atom is 0.259 e. The second-order valence-corrected chi connectivity index (χ2v) is 6.24. The van der Waals surface area contributed by atoms with Crippen molar-refractivity contribution in [3.63, 3.8) is 0 Å². The maximum atomic E-state index is 11.5. The van der Waals surface area contributed by atoms with Crippen LogP contribution in [0.15, 0.2) is 8.63 Å². The quantitative estimate of drug-likeness (QED) is 0.859. The van der Waals surface area contributed by atoms with Gasteiger partial charge < -0.3 is 10.2 Å². The first-order valence-corrected chi connectivity index (χ1v) is 7.62. The number of thiophene rings is 1. The standard InChI is InChI=1S/C12H12N2O2S2/c1-5-14-7-4-3-6-8(9(7)16-5)12(17-2)18-10(6)11(13)15/h3-4H2,1-2H3,(H2,13,15). The molecule has 18 heavy (non-hydrogen) atoms. The summed E-state index contributed by atoms with van der Waals surface area (Å²) < 4.78 is 6.78. The van der Waals surface area contributed by atoms with Crippen LogP contribution in [0.5, 0.6) is 0 Å². The van der Waals surface area contributed by atoms with Crippen LogP contribution in [0.25, 0.3) is 11.3 Å². The number of fused-ring (bicyclic) bond motifs is 3. The second-order valence-electron chi connectivity index (χ2n) is 4.15. The number of hydrogen-bond donors (Lipinski definition) is 1. The van der Waals surface area contributed by atoms with E-state index in [1.165, 1.54) is 11.3 Å². The largest absolute Gasteiger partial charge is 0.441 e. The zero-order valence-electron chi connectivity index (χ0n) is 10.1. The summed E-state index contributed by atoms with van der Waals surface area (Å²) in [5, 5.41) is 0. The van der Waals surface area contributed by atoms with E-state index < -0.39 is 0 Å². The lowest BCUT2D eigenvalue weighted by molar-refractivity contribution is 0.100. The molecule has 1 aliphatic rings. The fourth-order valence-corrected chi connectivity index (χ4v) is 4.27. The van der Waals surface area contributed by atoms with Gasteiger partial charge in [-0.1, -0.05) is 0 Å². The van der Waals surface area contributed by atoms with Gasteiger partial charge in [0.2, 0.25) is 0 Å². The molecule has 1 amide bonds. The first kappa shape index (κ1) is 11.8. The van der Waals surface area contributed by atoms with Gasteiger partial charge in [-0.15, -0.1) is 23.1 Å². The highest BCUT2D eigenvalue weighted by atomic mass is 32.2. The molecule has 0 aliphatic heterocycles. The number of hydrogen-bond acceptors (Lipinski definition) is 5. The van der Waals surface area contributed by atoms with Gasteiger partial charge in [0.15, 0.2) is 11.7 Å². The van der Waals surface area contributed by atoms with Gasteiger partial charge in [0.1, 0.15) is 0 Å². The molecule has 0 saturated heterocycles. The Bertz CT molecular complexity index is 643. The molecule has 1 aliphatic carbocycles. The van der Waals surface area contributed by atoms with Crippen LogP contribution in [-0.4, -0.2) is 17.1 Å². The van der Waals surface area contributed by atoms with Crippen LogP contribution in [0, 0.1) is 6.92 Å². The van der Waals surface area contributed by atoms with Gasteiger partial charge in [0, 0.05) is 12.5 Å². The predicted molar refractivity (Wildman–Crippen MR) is 72.3 cm³/mol. The summed E-state index contributed by atoms with van der Waals surface area (Å²) in [7, 11) is 0. The summed E-state index contributed by atoms with van der Waals surface area (Å²) in [6, 6.07) is 0. The Morgan fingerprint density at radius 3 is 2.94 bits per heavy atom. The van der Waals surface area contributed by atoms with Crippen molar-refractivity contribution in [2.75, 3.05) is 6.26 Å². The third-order valence-electron chi connectivity index (χ3n) is 3.03. The Labute approximate surface area is 113 Å². The number of nitrogens with zero attached hydrogens (tertiary/aromatic N) is 1. The lowest BCUT2D eigenvalue weighted by Crippen LogP contribution is -2.13. The molecule has 0 bridgehead atoms. The summed E-state index contributed by atoms with van der Waals surface area (Å²) in [4.78, 5) is 16.5. The number of nitrogens with two attached hydrogens (primary N) is 1. The summed E-state index contributed by atoms with van der Waals surface area (Å²) >= 11 is 3.07. The topological polar surface area (TPSA) is 69.1 Å². The Morgan fingerprint density at radius 2 is 2.28 bits per heavy atom. The van der Waals surface area contributed by atoms with Gasteiger partial charge in [-0.2, -0.15) is 0 Å². The molecule has 94 valence electrons. The Hall–Kier alpha value is -1.27. The first-order valence-electron chi connectivity index (χ1n) is 5.58. The lowest BCUT2D eigenvalue weighted by Gasteiger charge is -2.11. The molecule has 0 aromatic carbocycles. The summed E-state index contributed by atoms with van der Waals surface area (Å²) in [5.74, 6) is 1.14. The van der Waals surface area contributed by atoms with Gasteiger partial charge in [0.25, 0.3) is 5.91 Å². The number of amides is 1. The minimum atomic E-state index is -0.351. The lowest BCUT2D eigenvalue weighted by atomic mass is 9.95. The van der Waals surface area contributed by atoms with Crippen molar-refractivity contribution in [2.45, 2.75) is 24.0 Å². The molecule has 0 radical (unpaired) electrons. The van der Waals surface area contributed by atoms with E-state index in [0.717, 1.165) is 39.6 Å². The van der Waals surface area contributed by atoms with E-state index in [1.807, 2.05) is 13.2 Å². The minimum absolute atomic E-state index is 0.351. The average molecular weight is 280 g/mol. The van der Waals surface area contributed by atoms with Gasteiger partial charge in [-0.3, -0.25) is 4.79 Å². The Balaban J connectivity index is 2.29. The molecule has 2 aromatic heterocycles. The van der Waals surface area contributed by atoms with Gasteiger partial charge >= 0.3 is 0 Å². The molecular formula is C12H12N2O2S2. The second kappa shape index (κ2) is 4.13.